The monoisotopic (exact) mass is 429 g/mol. The Labute approximate surface area is 183 Å². The number of para-hydroxylation sites is 2. The van der Waals surface area contributed by atoms with Crippen LogP contribution in [0.25, 0.3) is 5.76 Å². The van der Waals surface area contributed by atoms with Crippen molar-refractivity contribution >= 4 is 23.1 Å². The van der Waals surface area contributed by atoms with Crippen molar-refractivity contribution in [2.24, 2.45) is 0 Å². The van der Waals surface area contributed by atoms with Gasteiger partial charge in [0, 0.05) is 12.0 Å². The number of benzene rings is 3. The van der Waals surface area contributed by atoms with Crippen LogP contribution in [0.15, 0.2) is 72.3 Å². The molecule has 0 aromatic heterocycles. The van der Waals surface area contributed by atoms with Crippen LogP contribution >= 0.6 is 0 Å². The van der Waals surface area contributed by atoms with Gasteiger partial charge in [0.15, 0.2) is 0 Å². The van der Waals surface area contributed by atoms with E-state index in [1.165, 1.54) is 24.3 Å². The fraction of sp³-hybridized carbons (Fsp3) is 0.120. The van der Waals surface area contributed by atoms with Gasteiger partial charge < -0.3 is 20.1 Å². The predicted molar refractivity (Wildman–Crippen MR) is 117 cm³/mol. The number of ether oxygens (including phenoxy) is 1. The number of ketones is 1. The molecule has 1 atom stereocenters. The van der Waals surface area contributed by atoms with E-state index in [0.717, 1.165) is 16.2 Å². The zero-order chi connectivity index (χ0) is 22.4. The third-order valence-electron chi connectivity index (χ3n) is 5.73. The largest absolute Gasteiger partial charge is 0.508 e. The number of carbonyl (C=O) groups excluding carboxylic acids is 2. The van der Waals surface area contributed by atoms with E-state index in [4.69, 9.17) is 4.74 Å². The highest BCUT2D eigenvalue weighted by Crippen LogP contribution is 2.45. The summed E-state index contributed by atoms with van der Waals surface area (Å²) in [4.78, 5) is 27.4. The van der Waals surface area contributed by atoms with Crippen molar-refractivity contribution in [3.05, 3.63) is 89.0 Å². The van der Waals surface area contributed by atoms with Crippen LogP contribution in [0, 0.1) is 0 Å². The van der Waals surface area contributed by atoms with Gasteiger partial charge in [-0.25, -0.2) is 0 Å². The molecule has 7 heteroatoms. The maximum absolute atomic E-state index is 13.1. The van der Waals surface area contributed by atoms with Gasteiger partial charge in [-0.15, -0.1) is 0 Å². The van der Waals surface area contributed by atoms with E-state index < -0.39 is 17.7 Å². The lowest BCUT2D eigenvalue weighted by atomic mass is 9.94. The van der Waals surface area contributed by atoms with Crippen molar-refractivity contribution in [2.45, 2.75) is 12.5 Å². The summed E-state index contributed by atoms with van der Waals surface area (Å²) in [6.45, 7) is 0.542. The quantitative estimate of drug-likeness (QED) is 0.333. The maximum Gasteiger partial charge on any atom is 0.300 e. The summed E-state index contributed by atoms with van der Waals surface area (Å²) in [6, 6.07) is 16.3. The van der Waals surface area contributed by atoms with Crippen molar-refractivity contribution in [3.8, 4) is 17.2 Å². The second-order valence-electron chi connectivity index (χ2n) is 7.67. The SMILES string of the molecule is O=C1C(=O)N(c2ccccc2O)C(c2cccc(O)c2)/C1=C(/O)c1ccc2c(c1)CCO2. The van der Waals surface area contributed by atoms with Gasteiger partial charge in [-0.1, -0.05) is 24.3 Å². The first-order valence-corrected chi connectivity index (χ1v) is 10.1. The van der Waals surface area contributed by atoms with Crippen LogP contribution in [-0.4, -0.2) is 33.6 Å². The molecule has 1 unspecified atom stereocenters. The third kappa shape index (κ3) is 3.06. The van der Waals surface area contributed by atoms with E-state index in [2.05, 4.69) is 0 Å². The van der Waals surface area contributed by atoms with Crippen molar-refractivity contribution in [2.75, 3.05) is 11.5 Å². The topological polar surface area (TPSA) is 107 Å². The van der Waals surface area contributed by atoms with E-state index in [0.29, 0.717) is 24.2 Å². The molecule has 2 aliphatic rings. The Balaban J connectivity index is 1.73. The Bertz CT molecular complexity index is 1300. The van der Waals surface area contributed by atoms with E-state index >= 15 is 0 Å². The number of hydrogen-bond donors (Lipinski definition) is 3. The summed E-state index contributed by atoms with van der Waals surface area (Å²) in [5, 5.41) is 31.6. The Morgan fingerprint density at radius 3 is 2.56 bits per heavy atom. The highest BCUT2D eigenvalue weighted by atomic mass is 16.5. The number of fused-ring (bicyclic) bond motifs is 1. The molecular formula is C25H19NO6. The summed E-state index contributed by atoms with van der Waals surface area (Å²) in [5.74, 6) is -1.61. The number of aliphatic hydroxyl groups excluding tert-OH is 1. The Hall–Kier alpha value is -4.26. The minimum Gasteiger partial charge on any atom is -0.508 e. The van der Waals surface area contributed by atoms with Crippen molar-refractivity contribution in [1.29, 1.82) is 0 Å². The van der Waals surface area contributed by atoms with Crippen LogP contribution < -0.4 is 9.64 Å². The lowest BCUT2D eigenvalue weighted by Crippen LogP contribution is -2.29. The Kier molecular flexibility index (Phi) is 4.59. The number of rotatable bonds is 3. The summed E-state index contributed by atoms with van der Waals surface area (Å²) >= 11 is 0. The van der Waals surface area contributed by atoms with Gasteiger partial charge in [-0.2, -0.15) is 0 Å². The number of amides is 1. The molecule has 2 aliphatic heterocycles. The third-order valence-corrected chi connectivity index (χ3v) is 5.73. The summed E-state index contributed by atoms with van der Waals surface area (Å²) in [6.07, 6.45) is 0.679. The van der Waals surface area contributed by atoms with Gasteiger partial charge in [-0.3, -0.25) is 14.5 Å². The molecule has 0 radical (unpaired) electrons. The maximum atomic E-state index is 13.1. The fourth-order valence-electron chi connectivity index (χ4n) is 4.25. The lowest BCUT2D eigenvalue weighted by Gasteiger charge is -2.26. The number of carbonyl (C=O) groups is 2. The molecule has 3 N–H and O–H groups in total. The van der Waals surface area contributed by atoms with Gasteiger partial charge in [0.2, 0.25) is 0 Å². The second kappa shape index (κ2) is 7.46. The number of Topliss-reactive ketones (excluding diaryl/α,β-unsaturated/α-hetero) is 1. The molecule has 1 amide bonds. The van der Waals surface area contributed by atoms with Crippen LogP contribution in [-0.2, 0) is 16.0 Å². The lowest BCUT2D eigenvalue weighted by molar-refractivity contribution is -0.132. The van der Waals surface area contributed by atoms with Crippen LogP contribution in [0.3, 0.4) is 0 Å². The molecule has 1 fully saturated rings. The number of nitrogens with zero attached hydrogens (tertiary/aromatic N) is 1. The summed E-state index contributed by atoms with van der Waals surface area (Å²) in [7, 11) is 0. The van der Waals surface area contributed by atoms with Gasteiger partial charge in [0.25, 0.3) is 11.7 Å². The molecule has 32 heavy (non-hydrogen) atoms. The average molecular weight is 429 g/mol. The molecule has 7 nitrogen and oxygen atoms in total. The molecule has 160 valence electrons. The smallest absolute Gasteiger partial charge is 0.300 e. The summed E-state index contributed by atoms with van der Waals surface area (Å²) < 4.78 is 5.51. The standard InChI is InChI=1S/C25H19NO6/c27-17-5-3-4-15(13-17)22-21(23(29)16-8-9-20-14(12-16)10-11-32-20)24(30)25(31)26(22)18-6-1-2-7-19(18)28/h1-9,12-13,22,27-29H,10-11H2/b23-21-. The molecule has 1 saturated heterocycles. The molecule has 0 bridgehead atoms. The second-order valence-corrected chi connectivity index (χ2v) is 7.67. The molecular weight excluding hydrogens is 410 g/mol. The van der Waals surface area contributed by atoms with Gasteiger partial charge in [-0.05, 0) is 53.6 Å². The van der Waals surface area contributed by atoms with E-state index in [1.807, 2.05) is 0 Å². The van der Waals surface area contributed by atoms with Crippen molar-refractivity contribution < 1.29 is 29.6 Å². The average Bonchev–Trinajstić information content (AvgIpc) is 3.36. The normalized spacial score (nSPS) is 19.1. The molecule has 0 saturated carbocycles. The Morgan fingerprint density at radius 1 is 0.969 bits per heavy atom. The zero-order valence-corrected chi connectivity index (χ0v) is 16.9. The van der Waals surface area contributed by atoms with Crippen LogP contribution in [0.4, 0.5) is 5.69 Å². The molecule has 2 heterocycles. The van der Waals surface area contributed by atoms with Gasteiger partial charge in [0.05, 0.1) is 23.9 Å². The van der Waals surface area contributed by atoms with Crippen LogP contribution in [0.2, 0.25) is 0 Å². The minimum atomic E-state index is -1.04. The first kappa shape index (κ1) is 19.7. The zero-order valence-electron chi connectivity index (χ0n) is 16.9. The minimum absolute atomic E-state index is 0.0555. The molecule has 5 rings (SSSR count). The number of phenolic OH excluding ortho intramolecular Hbond substituents is 2. The molecule has 3 aromatic carbocycles. The highest BCUT2D eigenvalue weighted by molar-refractivity contribution is 6.51. The molecule has 0 spiro atoms. The Morgan fingerprint density at radius 2 is 1.78 bits per heavy atom. The van der Waals surface area contributed by atoms with E-state index in [-0.39, 0.29) is 28.5 Å². The number of aliphatic hydroxyl groups is 1. The van der Waals surface area contributed by atoms with Crippen molar-refractivity contribution in [3.63, 3.8) is 0 Å². The number of hydrogen-bond acceptors (Lipinski definition) is 6. The van der Waals surface area contributed by atoms with Crippen LogP contribution in [0.5, 0.6) is 17.2 Å². The van der Waals surface area contributed by atoms with Gasteiger partial charge in [0.1, 0.15) is 23.0 Å². The number of anilines is 1. The predicted octanol–water partition coefficient (Wildman–Crippen LogP) is 3.66. The van der Waals surface area contributed by atoms with Crippen LogP contribution in [0.1, 0.15) is 22.7 Å². The van der Waals surface area contributed by atoms with Crippen molar-refractivity contribution in [1.82, 2.24) is 0 Å². The molecule has 0 aliphatic carbocycles. The summed E-state index contributed by atoms with van der Waals surface area (Å²) in [5.41, 5.74) is 1.71. The van der Waals surface area contributed by atoms with E-state index in [9.17, 15) is 24.9 Å². The number of aromatic hydroxyl groups is 2. The first-order chi connectivity index (χ1) is 15.5. The number of phenols is 2. The van der Waals surface area contributed by atoms with E-state index in [1.54, 1.807) is 42.5 Å². The first-order valence-electron chi connectivity index (χ1n) is 10.1. The fourth-order valence-corrected chi connectivity index (χ4v) is 4.25. The molecule has 3 aromatic rings. The highest BCUT2D eigenvalue weighted by Gasteiger charge is 2.47. The van der Waals surface area contributed by atoms with Gasteiger partial charge >= 0.3 is 0 Å².